The van der Waals surface area contributed by atoms with Gasteiger partial charge in [0.1, 0.15) is 6.04 Å². The number of aliphatic carboxylic acids is 1. The summed E-state index contributed by atoms with van der Waals surface area (Å²) < 4.78 is 0. The molecule has 0 saturated heterocycles. The number of carboxylic acid groups (broad SMARTS) is 1. The summed E-state index contributed by atoms with van der Waals surface area (Å²) in [5.41, 5.74) is 0. The van der Waals surface area contributed by atoms with E-state index >= 15 is 0 Å². The third-order valence-electron chi connectivity index (χ3n) is 2.62. The molecule has 0 saturated carbocycles. The second-order valence-corrected chi connectivity index (χ2v) is 5.04. The van der Waals surface area contributed by atoms with E-state index in [1.54, 1.807) is 0 Å². The number of carbonyl (C=O) groups is 2. The van der Waals surface area contributed by atoms with Crippen LogP contribution in [0.4, 0.5) is 4.79 Å². The summed E-state index contributed by atoms with van der Waals surface area (Å²) in [6, 6.07) is -1.12. The minimum absolute atomic E-state index is 0.220. The lowest BCUT2D eigenvalue weighted by molar-refractivity contribution is -0.142. The van der Waals surface area contributed by atoms with Crippen LogP contribution in [0.1, 0.15) is 20.3 Å². The van der Waals surface area contributed by atoms with Crippen LogP contribution in [0, 0.1) is 5.92 Å². The van der Waals surface area contributed by atoms with Crippen molar-refractivity contribution in [2.45, 2.75) is 26.3 Å². The van der Waals surface area contributed by atoms with Gasteiger partial charge in [-0.25, -0.2) is 9.59 Å². The zero-order valence-electron chi connectivity index (χ0n) is 11.9. The zero-order valence-corrected chi connectivity index (χ0v) is 11.9. The molecule has 1 atom stereocenters. The van der Waals surface area contributed by atoms with E-state index in [1.165, 1.54) is 11.9 Å². The fourth-order valence-electron chi connectivity index (χ4n) is 1.66. The maximum absolute atomic E-state index is 11.8. The highest BCUT2D eigenvalue weighted by Gasteiger charge is 2.29. The van der Waals surface area contributed by atoms with E-state index in [0.717, 1.165) is 0 Å². The van der Waals surface area contributed by atoms with Gasteiger partial charge in [0.15, 0.2) is 0 Å². The van der Waals surface area contributed by atoms with Crippen LogP contribution in [-0.2, 0) is 4.79 Å². The predicted molar refractivity (Wildman–Crippen MR) is 70.6 cm³/mol. The molecule has 0 aromatic carbocycles. The number of urea groups is 1. The predicted octanol–water partition coefficient (Wildman–Crippen LogP) is 0.689. The summed E-state index contributed by atoms with van der Waals surface area (Å²) in [6.07, 6.45) is 0.455. The summed E-state index contributed by atoms with van der Waals surface area (Å²) in [5, 5.41) is 11.8. The first-order chi connectivity index (χ1) is 8.29. The van der Waals surface area contributed by atoms with Crippen LogP contribution in [0.25, 0.3) is 0 Å². The van der Waals surface area contributed by atoms with Crippen molar-refractivity contribution in [1.29, 1.82) is 0 Å². The fraction of sp³-hybridized carbons (Fsp3) is 0.833. The molecule has 6 nitrogen and oxygen atoms in total. The van der Waals surface area contributed by atoms with Gasteiger partial charge in [-0.1, -0.05) is 13.8 Å². The van der Waals surface area contributed by atoms with Crippen LogP contribution < -0.4 is 5.32 Å². The molecule has 0 aromatic heterocycles. The lowest BCUT2D eigenvalue weighted by atomic mass is 10.0. The minimum atomic E-state index is -0.953. The van der Waals surface area contributed by atoms with Crippen molar-refractivity contribution in [3.8, 4) is 0 Å². The number of carboxylic acids is 1. The van der Waals surface area contributed by atoms with Crippen LogP contribution in [0.3, 0.4) is 0 Å². The van der Waals surface area contributed by atoms with Gasteiger partial charge >= 0.3 is 12.0 Å². The SMILES string of the molecule is CNC(=O)N(CCN(C)C)[C@@H](CC(C)C)C(=O)O. The van der Waals surface area contributed by atoms with Crippen molar-refractivity contribution >= 4 is 12.0 Å². The Labute approximate surface area is 109 Å². The van der Waals surface area contributed by atoms with Crippen LogP contribution in [0.5, 0.6) is 0 Å². The molecule has 0 aliphatic carbocycles. The molecule has 106 valence electrons. The molecule has 0 aromatic rings. The van der Waals surface area contributed by atoms with Crippen molar-refractivity contribution in [2.24, 2.45) is 5.92 Å². The number of likely N-dealkylation sites (N-methyl/N-ethyl adjacent to an activating group) is 1. The number of hydrogen-bond donors (Lipinski definition) is 2. The molecule has 2 N–H and O–H groups in total. The molecule has 0 unspecified atom stereocenters. The van der Waals surface area contributed by atoms with Crippen LogP contribution in [-0.4, -0.2) is 67.2 Å². The Morgan fingerprint density at radius 1 is 1.22 bits per heavy atom. The average Bonchev–Trinajstić information content (AvgIpc) is 2.26. The highest BCUT2D eigenvalue weighted by Crippen LogP contribution is 2.12. The summed E-state index contributed by atoms with van der Waals surface area (Å²) in [4.78, 5) is 26.4. The molecule has 0 fully saturated rings. The van der Waals surface area contributed by atoms with Gasteiger partial charge in [0.25, 0.3) is 0 Å². The third kappa shape index (κ3) is 5.86. The molecule has 0 bridgehead atoms. The Morgan fingerprint density at radius 3 is 2.11 bits per heavy atom. The Kier molecular flexibility index (Phi) is 7.35. The highest BCUT2D eigenvalue weighted by molar-refractivity contribution is 5.82. The zero-order chi connectivity index (χ0) is 14.3. The normalized spacial score (nSPS) is 12.6. The first-order valence-corrected chi connectivity index (χ1v) is 6.15. The molecule has 0 aliphatic rings. The first-order valence-electron chi connectivity index (χ1n) is 6.15. The van der Waals surface area contributed by atoms with Crippen LogP contribution >= 0.6 is 0 Å². The topological polar surface area (TPSA) is 72.9 Å². The molecule has 0 spiro atoms. The van der Waals surface area contributed by atoms with Gasteiger partial charge in [0, 0.05) is 20.1 Å². The summed E-state index contributed by atoms with van der Waals surface area (Å²) >= 11 is 0. The van der Waals surface area contributed by atoms with E-state index in [9.17, 15) is 14.7 Å². The third-order valence-corrected chi connectivity index (χ3v) is 2.62. The summed E-state index contributed by atoms with van der Waals surface area (Å²) in [5.74, 6) is -0.733. The van der Waals surface area contributed by atoms with Gasteiger partial charge in [-0.3, -0.25) is 0 Å². The molecule has 0 rings (SSSR count). The molecule has 0 aliphatic heterocycles. The number of nitrogens with one attached hydrogen (secondary N) is 1. The van der Waals surface area contributed by atoms with E-state index in [0.29, 0.717) is 19.5 Å². The summed E-state index contributed by atoms with van der Waals surface area (Å²) in [6.45, 7) is 4.93. The molecular weight excluding hydrogens is 234 g/mol. The highest BCUT2D eigenvalue weighted by atomic mass is 16.4. The fourth-order valence-corrected chi connectivity index (χ4v) is 1.66. The molecule has 0 radical (unpaired) electrons. The number of amides is 2. The standard InChI is InChI=1S/C12H25N3O3/c1-9(2)8-10(11(16)17)15(12(18)13-3)7-6-14(4)5/h9-10H,6-8H2,1-5H3,(H,13,18)(H,16,17)/t10-/m0/s1. The Bertz CT molecular complexity index is 280. The van der Waals surface area contributed by atoms with E-state index in [4.69, 9.17) is 0 Å². The van der Waals surface area contributed by atoms with Crippen molar-refractivity contribution in [2.75, 3.05) is 34.2 Å². The van der Waals surface area contributed by atoms with E-state index in [-0.39, 0.29) is 11.9 Å². The lowest BCUT2D eigenvalue weighted by Crippen LogP contribution is -2.51. The quantitative estimate of drug-likeness (QED) is 0.705. The second kappa shape index (κ2) is 7.92. The monoisotopic (exact) mass is 259 g/mol. The molecule has 2 amide bonds. The van der Waals surface area contributed by atoms with E-state index in [2.05, 4.69) is 5.32 Å². The molecule has 0 heterocycles. The van der Waals surface area contributed by atoms with Gasteiger partial charge < -0.3 is 20.2 Å². The second-order valence-electron chi connectivity index (χ2n) is 5.04. The van der Waals surface area contributed by atoms with Crippen molar-refractivity contribution in [1.82, 2.24) is 15.1 Å². The number of hydrogen-bond acceptors (Lipinski definition) is 3. The molecular formula is C12H25N3O3. The van der Waals surface area contributed by atoms with Crippen molar-refractivity contribution in [3.05, 3.63) is 0 Å². The lowest BCUT2D eigenvalue weighted by Gasteiger charge is -2.30. The smallest absolute Gasteiger partial charge is 0.326 e. The van der Waals surface area contributed by atoms with Gasteiger partial charge in [-0.15, -0.1) is 0 Å². The van der Waals surface area contributed by atoms with Crippen molar-refractivity contribution < 1.29 is 14.7 Å². The van der Waals surface area contributed by atoms with Gasteiger partial charge in [-0.2, -0.15) is 0 Å². The van der Waals surface area contributed by atoms with Crippen molar-refractivity contribution in [3.63, 3.8) is 0 Å². The Hall–Kier alpha value is -1.30. The Morgan fingerprint density at radius 2 is 1.78 bits per heavy atom. The number of rotatable bonds is 7. The minimum Gasteiger partial charge on any atom is -0.480 e. The van der Waals surface area contributed by atoms with Gasteiger partial charge in [-0.05, 0) is 26.4 Å². The number of carbonyl (C=O) groups excluding carboxylic acids is 1. The van der Waals surface area contributed by atoms with E-state index in [1.807, 2.05) is 32.8 Å². The Balaban J connectivity index is 4.86. The maximum Gasteiger partial charge on any atom is 0.326 e. The average molecular weight is 259 g/mol. The molecule has 18 heavy (non-hydrogen) atoms. The van der Waals surface area contributed by atoms with Crippen LogP contribution in [0.15, 0.2) is 0 Å². The van der Waals surface area contributed by atoms with E-state index < -0.39 is 12.0 Å². The van der Waals surface area contributed by atoms with Gasteiger partial charge in [0.2, 0.25) is 0 Å². The maximum atomic E-state index is 11.8. The van der Waals surface area contributed by atoms with Crippen LogP contribution in [0.2, 0.25) is 0 Å². The largest absolute Gasteiger partial charge is 0.480 e. The summed E-state index contributed by atoms with van der Waals surface area (Å²) in [7, 11) is 5.29. The van der Waals surface area contributed by atoms with Gasteiger partial charge in [0.05, 0.1) is 0 Å². The number of nitrogens with zero attached hydrogens (tertiary/aromatic N) is 2. The first kappa shape index (κ1) is 16.7. The molecule has 6 heteroatoms.